The molecule has 0 aliphatic carbocycles. The number of urea groups is 1. The lowest BCUT2D eigenvalue weighted by atomic mass is 9.99. The molecule has 3 atom stereocenters. The second kappa shape index (κ2) is 13.2. The number of nitrogens with one attached hydrogen (secondary N) is 2. The van der Waals surface area contributed by atoms with Crippen LogP contribution in [0.2, 0.25) is 0 Å². The number of amides is 3. The number of aliphatic hydroxyl groups is 1. The van der Waals surface area contributed by atoms with Crippen LogP contribution in [0, 0.1) is 5.92 Å². The summed E-state index contributed by atoms with van der Waals surface area (Å²) in [5.41, 5.74) is 0.733. The minimum Gasteiger partial charge on any atom is -0.486 e. The highest BCUT2D eigenvalue weighted by molar-refractivity contribution is 6.04. The molecule has 0 aromatic heterocycles. The standard InChI is InChI=1S/C32H35F3N4O6/c1-19-14-39(20(2)17-40)30(41)24-5-4-6-25(37-31(42)36-23-10-8-22(9-11-23)32(33,34)35)29(24)45-28(19)16-38(3)15-21-7-12-26-27(13-21)44-18-43-26/h4-13,19-20,28,40H,14-18H2,1-3H3,(H2,36,37,42)/t19-,20-,28-/m1/s1. The van der Waals surface area contributed by atoms with E-state index in [1.165, 1.54) is 0 Å². The predicted molar refractivity (Wildman–Crippen MR) is 161 cm³/mol. The van der Waals surface area contributed by atoms with Gasteiger partial charge in [0.1, 0.15) is 6.10 Å². The zero-order chi connectivity index (χ0) is 32.3. The lowest BCUT2D eigenvalue weighted by molar-refractivity contribution is -0.137. The monoisotopic (exact) mass is 628 g/mol. The lowest BCUT2D eigenvalue weighted by Crippen LogP contribution is -2.49. The van der Waals surface area contributed by atoms with Gasteiger partial charge in [-0.15, -0.1) is 0 Å². The van der Waals surface area contributed by atoms with Crippen LogP contribution in [-0.2, 0) is 12.7 Å². The highest BCUT2D eigenvalue weighted by atomic mass is 19.4. The van der Waals surface area contributed by atoms with Crippen LogP contribution in [0.15, 0.2) is 60.7 Å². The van der Waals surface area contributed by atoms with E-state index in [4.69, 9.17) is 14.2 Å². The van der Waals surface area contributed by atoms with E-state index in [2.05, 4.69) is 15.5 Å². The number of hydrogen-bond donors (Lipinski definition) is 3. The summed E-state index contributed by atoms with van der Waals surface area (Å²) < 4.78 is 56.3. The van der Waals surface area contributed by atoms with Gasteiger partial charge in [0.25, 0.3) is 5.91 Å². The van der Waals surface area contributed by atoms with Gasteiger partial charge in [-0.25, -0.2) is 4.79 Å². The molecular formula is C32H35F3N4O6. The molecule has 0 radical (unpaired) electrons. The first kappa shape index (κ1) is 31.9. The molecule has 2 aliphatic rings. The smallest absolute Gasteiger partial charge is 0.416 e. The number of fused-ring (bicyclic) bond motifs is 2. The Morgan fingerprint density at radius 2 is 1.82 bits per heavy atom. The van der Waals surface area contributed by atoms with Crippen molar-refractivity contribution in [3.8, 4) is 17.2 Å². The van der Waals surface area contributed by atoms with Gasteiger partial charge < -0.3 is 34.9 Å². The van der Waals surface area contributed by atoms with Crippen molar-refractivity contribution >= 4 is 23.3 Å². The van der Waals surface area contributed by atoms with E-state index in [1.807, 2.05) is 32.2 Å². The van der Waals surface area contributed by atoms with Crippen molar-refractivity contribution in [1.82, 2.24) is 9.80 Å². The molecule has 5 rings (SSSR count). The molecule has 0 saturated heterocycles. The van der Waals surface area contributed by atoms with Crippen molar-refractivity contribution in [3.63, 3.8) is 0 Å². The summed E-state index contributed by atoms with van der Waals surface area (Å²) >= 11 is 0. The molecule has 10 nitrogen and oxygen atoms in total. The Bertz CT molecular complexity index is 1530. The van der Waals surface area contributed by atoms with Crippen LogP contribution in [0.25, 0.3) is 0 Å². The fraction of sp³-hybridized carbons (Fsp3) is 0.375. The predicted octanol–water partition coefficient (Wildman–Crippen LogP) is 5.43. The summed E-state index contributed by atoms with van der Waals surface area (Å²) in [7, 11) is 1.95. The third kappa shape index (κ3) is 7.43. The Morgan fingerprint density at radius 3 is 2.53 bits per heavy atom. The number of likely N-dealkylation sites (N-methyl/N-ethyl adjacent to an activating group) is 1. The maximum absolute atomic E-state index is 13.7. The van der Waals surface area contributed by atoms with E-state index in [0.29, 0.717) is 31.1 Å². The largest absolute Gasteiger partial charge is 0.486 e. The third-order valence-corrected chi connectivity index (χ3v) is 7.79. The average Bonchev–Trinajstić information content (AvgIpc) is 3.46. The van der Waals surface area contributed by atoms with E-state index in [0.717, 1.165) is 29.8 Å². The number of rotatable bonds is 8. The van der Waals surface area contributed by atoms with Crippen molar-refractivity contribution in [2.75, 3.05) is 44.2 Å². The normalized spacial score (nSPS) is 18.5. The zero-order valence-corrected chi connectivity index (χ0v) is 25.1. The number of hydrogen-bond acceptors (Lipinski definition) is 7. The zero-order valence-electron chi connectivity index (χ0n) is 25.1. The Balaban J connectivity index is 1.38. The summed E-state index contributed by atoms with van der Waals surface area (Å²) in [6, 6.07) is 13.4. The molecular weight excluding hydrogens is 593 g/mol. The second-order valence-corrected chi connectivity index (χ2v) is 11.3. The third-order valence-electron chi connectivity index (χ3n) is 7.79. The fourth-order valence-electron chi connectivity index (χ4n) is 5.31. The minimum absolute atomic E-state index is 0.149. The van der Waals surface area contributed by atoms with Gasteiger partial charge >= 0.3 is 12.2 Å². The van der Waals surface area contributed by atoms with Crippen molar-refractivity contribution in [2.24, 2.45) is 5.92 Å². The SMILES string of the molecule is C[C@@H]1CN([C@H](C)CO)C(=O)c2cccc(NC(=O)Nc3ccc(C(F)(F)F)cc3)c2O[C@@H]1CN(C)Cc1ccc2c(c1)OCO2. The van der Waals surface area contributed by atoms with E-state index < -0.39 is 29.9 Å². The van der Waals surface area contributed by atoms with Crippen LogP contribution in [-0.4, -0.2) is 72.5 Å². The number of alkyl halides is 3. The lowest BCUT2D eigenvalue weighted by Gasteiger charge is -2.38. The first-order valence-corrected chi connectivity index (χ1v) is 14.5. The topological polar surface area (TPSA) is 113 Å². The molecule has 2 heterocycles. The van der Waals surface area contributed by atoms with Crippen molar-refractivity contribution in [1.29, 1.82) is 0 Å². The maximum Gasteiger partial charge on any atom is 0.416 e. The molecule has 2 aliphatic heterocycles. The van der Waals surface area contributed by atoms with Crippen LogP contribution in [0.5, 0.6) is 17.2 Å². The number of carbonyl (C=O) groups is 2. The summed E-state index contributed by atoms with van der Waals surface area (Å²) in [6.07, 6.45) is -4.94. The van der Waals surface area contributed by atoms with Gasteiger partial charge in [0.05, 0.1) is 29.5 Å². The first-order valence-electron chi connectivity index (χ1n) is 14.5. The highest BCUT2D eigenvalue weighted by Crippen LogP contribution is 2.36. The molecule has 0 unspecified atom stereocenters. The van der Waals surface area contributed by atoms with Crippen LogP contribution in [0.4, 0.5) is 29.3 Å². The number of halogens is 3. The summed E-state index contributed by atoms with van der Waals surface area (Å²) in [5.74, 6) is 0.998. The molecule has 240 valence electrons. The Labute approximate surface area is 258 Å². The molecule has 13 heteroatoms. The molecule has 3 aromatic carbocycles. The first-order chi connectivity index (χ1) is 21.4. The van der Waals surface area contributed by atoms with Gasteiger partial charge in [-0.05, 0) is 68.1 Å². The molecule has 45 heavy (non-hydrogen) atoms. The number of benzene rings is 3. The number of nitrogens with zero attached hydrogens (tertiary/aromatic N) is 2. The van der Waals surface area contributed by atoms with Crippen LogP contribution in [0.1, 0.15) is 35.3 Å². The van der Waals surface area contributed by atoms with Gasteiger partial charge in [-0.3, -0.25) is 9.69 Å². The summed E-state index contributed by atoms with van der Waals surface area (Å²) in [5, 5.41) is 15.1. The van der Waals surface area contributed by atoms with Gasteiger partial charge in [0.15, 0.2) is 17.2 Å². The minimum atomic E-state index is -4.50. The Morgan fingerprint density at radius 1 is 1.09 bits per heavy atom. The molecule has 3 amide bonds. The molecule has 3 N–H and O–H groups in total. The van der Waals surface area contributed by atoms with Gasteiger partial charge in [-0.1, -0.05) is 19.1 Å². The quantitative estimate of drug-likeness (QED) is 0.305. The maximum atomic E-state index is 13.7. The molecule has 0 fully saturated rings. The second-order valence-electron chi connectivity index (χ2n) is 11.3. The van der Waals surface area contributed by atoms with Crippen LogP contribution in [0.3, 0.4) is 0 Å². The van der Waals surface area contributed by atoms with Crippen molar-refractivity contribution in [3.05, 3.63) is 77.4 Å². The molecule has 0 saturated carbocycles. The Kier molecular flexibility index (Phi) is 9.40. The van der Waals surface area contributed by atoms with Gasteiger partial charge in [0.2, 0.25) is 6.79 Å². The number of carbonyl (C=O) groups excluding carboxylic acids is 2. The van der Waals surface area contributed by atoms with Crippen LogP contribution < -0.4 is 24.8 Å². The van der Waals surface area contributed by atoms with Crippen LogP contribution >= 0.6 is 0 Å². The van der Waals surface area contributed by atoms with E-state index >= 15 is 0 Å². The Hall–Kier alpha value is -4.49. The van der Waals surface area contributed by atoms with Crippen molar-refractivity contribution in [2.45, 2.75) is 38.7 Å². The van der Waals surface area contributed by atoms with E-state index in [-0.39, 0.29) is 47.9 Å². The number of aliphatic hydroxyl groups excluding tert-OH is 1. The van der Waals surface area contributed by atoms with Gasteiger partial charge in [0, 0.05) is 31.2 Å². The molecule has 0 bridgehead atoms. The summed E-state index contributed by atoms with van der Waals surface area (Å²) in [4.78, 5) is 30.4. The highest BCUT2D eigenvalue weighted by Gasteiger charge is 2.35. The number of para-hydroxylation sites is 1. The fourth-order valence-corrected chi connectivity index (χ4v) is 5.31. The van der Waals surface area contributed by atoms with Crippen molar-refractivity contribution < 1.29 is 42.1 Å². The average molecular weight is 629 g/mol. The molecule has 0 spiro atoms. The summed E-state index contributed by atoms with van der Waals surface area (Å²) in [6.45, 7) is 5.01. The number of ether oxygens (including phenoxy) is 3. The van der Waals surface area contributed by atoms with E-state index in [9.17, 15) is 27.9 Å². The molecule has 3 aromatic rings. The van der Waals surface area contributed by atoms with E-state index in [1.54, 1.807) is 30.0 Å². The number of anilines is 2. The van der Waals surface area contributed by atoms with Gasteiger partial charge in [-0.2, -0.15) is 13.2 Å².